The second-order valence-corrected chi connectivity index (χ2v) is 9.43. The fourth-order valence-corrected chi connectivity index (χ4v) is 4.60. The molecule has 1 aromatic rings. The largest absolute Gasteiger partial charge is 0.383 e. The van der Waals surface area contributed by atoms with E-state index in [9.17, 15) is 9.59 Å². The normalized spacial score (nSPS) is 23.1. The van der Waals surface area contributed by atoms with Crippen LogP contribution in [0.1, 0.15) is 26.3 Å². The van der Waals surface area contributed by atoms with Crippen LogP contribution in [-0.2, 0) is 21.5 Å². The van der Waals surface area contributed by atoms with E-state index in [1.54, 1.807) is 29.9 Å². The number of hydrogen-bond donors (Lipinski definition) is 1. The van der Waals surface area contributed by atoms with Crippen LogP contribution in [0.15, 0.2) is 54.0 Å². The molecule has 3 rings (SSSR count). The number of carbonyl (C=O) groups excluding carboxylic acids is 1. The molecule has 2 aliphatic rings. The molecule has 1 aromatic heterocycles. The monoisotopic (exact) mass is 440 g/mol. The van der Waals surface area contributed by atoms with Gasteiger partial charge >= 0.3 is 0 Å². The van der Waals surface area contributed by atoms with E-state index in [2.05, 4.69) is 44.1 Å². The van der Waals surface area contributed by atoms with Gasteiger partial charge in [-0.1, -0.05) is 45.2 Å². The Labute approximate surface area is 191 Å². The minimum atomic E-state index is -0.288. The average Bonchev–Trinajstić information content (AvgIpc) is 3.00. The lowest BCUT2D eigenvalue weighted by molar-refractivity contribution is -0.121. The molecule has 1 amide bonds. The van der Waals surface area contributed by atoms with Gasteiger partial charge in [0.2, 0.25) is 5.91 Å². The Morgan fingerprint density at radius 3 is 2.75 bits per heavy atom. The number of ether oxygens (including phenoxy) is 1. The van der Waals surface area contributed by atoms with Crippen molar-refractivity contribution < 1.29 is 9.53 Å². The fraction of sp³-hybridized carbons (Fsp3) is 0.520. The van der Waals surface area contributed by atoms with E-state index in [0.29, 0.717) is 32.3 Å². The van der Waals surface area contributed by atoms with E-state index in [1.165, 1.54) is 0 Å². The SMILES string of the molecule is C=C/C=C(\C=C)Cn1cc2c(cc1=O)C(C)(C)CN2C(=O)CN1C[C@@H](C)NC[C@@H]1COC. The first-order valence-corrected chi connectivity index (χ1v) is 11.2. The van der Waals surface area contributed by atoms with E-state index < -0.39 is 0 Å². The molecule has 32 heavy (non-hydrogen) atoms. The number of allylic oxidation sites excluding steroid dienone is 4. The molecule has 174 valence electrons. The van der Waals surface area contributed by atoms with Gasteiger partial charge in [0.1, 0.15) is 0 Å². The third-order valence-corrected chi connectivity index (χ3v) is 6.35. The van der Waals surface area contributed by atoms with Crippen molar-refractivity contribution >= 4 is 11.6 Å². The van der Waals surface area contributed by atoms with Gasteiger partial charge in [-0.25, -0.2) is 0 Å². The molecule has 0 unspecified atom stereocenters. The predicted octanol–water partition coefficient (Wildman–Crippen LogP) is 2.08. The van der Waals surface area contributed by atoms with Crippen LogP contribution in [0.5, 0.6) is 0 Å². The number of amides is 1. The summed E-state index contributed by atoms with van der Waals surface area (Å²) < 4.78 is 7.01. The maximum atomic E-state index is 13.5. The molecule has 0 aliphatic carbocycles. The molecule has 3 heterocycles. The number of anilines is 1. The van der Waals surface area contributed by atoms with Gasteiger partial charge in [-0.3, -0.25) is 14.5 Å². The van der Waals surface area contributed by atoms with E-state index >= 15 is 0 Å². The van der Waals surface area contributed by atoms with Gasteiger partial charge in [-0.05, 0) is 18.1 Å². The summed E-state index contributed by atoms with van der Waals surface area (Å²) in [5.74, 6) is 0.0443. The summed E-state index contributed by atoms with van der Waals surface area (Å²) in [5.41, 5.74) is 2.24. The molecule has 2 aliphatic heterocycles. The number of nitrogens with one attached hydrogen (secondary N) is 1. The van der Waals surface area contributed by atoms with Crippen molar-refractivity contribution in [2.75, 3.05) is 44.8 Å². The topological polar surface area (TPSA) is 66.8 Å². The number of methoxy groups -OCH3 is 1. The number of pyridine rings is 1. The highest BCUT2D eigenvalue weighted by Gasteiger charge is 2.40. The van der Waals surface area contributed by atoms with E-state index in [-0.39, 0.29) is 22.9 Å². The summed E-state index contributed by atoms with van der Waals surface area (Å²) in [6, 6.07) is 2.15. The van der Waals surface area contributed by atoms with Crippen LogP contribution in [0.25, 0.3) is 0 Å². The fourth-order valence-electron chi connectivity index (χ4n) is 4.60. The second kappa shape index (κ2) is 9.98. The molecule has 0 radical (unpaired) electrons. The highest BCUT2D eigenvalue weighted by molar-refractivity contribution is 5.97. The van der Waals surface area contributed by atoms with E-state index in [0.717, 1.165) is 29.9 Å². The van der Waals surface area contributed by atoms with Gasteiger partial charge in [0.15, 0.2) is 0 Å². The van der Waals surface area contributed by atoms with Crippen molar-refractivity contribution in [3.05, 3.63) is 65.1 Å². The van der Waals surface area contributed by atoms with Gasteiger partial charge < -0.3 is 19.5 Å². The molecule has 1 fully saturated rings. The lowest BCUT2D eigenvalue weighted by Crippen LogP contribution is -2.59. The summed E-state index contributed by atoms with van der Waals surface area (Å²) in [6.07, 6.45) is 7.05. The van der Waals surface area contributed by atoms with E-state index in [4.69, 9.17) is 4.74 Å². The number of piperazine rings is 1. The van der Waals surface area contributed by atoms with Crippen LogP contribution < -0.4 is 15.8 Å². The maximum Gasteiger partial charge on any atom is 0.251 e. The Morgan fingerprint density at radius 1 is 1.34 bits per heavy atom. The van der Waals surface area contributed by atoms with E-state index in [1.807, 2.05) is 17.2 Å². The Kier molecular flexibility index (Phi) is 7.54. The van der Waals surface area contributed by atoms with Crippen molar-refractivity contribution in [3.8, 4) is 0 Å². The second-order valence-electron chi connectivity index (χ2n) is 9.43. The maximum absolute atomic E-state index is 13.5. The summed E-state index contributed by atoms with van der Waals surface area (Å²) in [7, 11) is 1.69. The highest BCUT2D eigenvalue weighted by Crippen LogP contribution is 2.39. The lowest BCUT2D eigenvalue weighted by atomic mass is 9.87. The number of aromatic nitrogens is 1. The Morgan fingerprint density at radius 2 is 2.09 bits per heavy atom. The van der Waals surface area contributed by atoms with Crippen molar-refractivity contribution in [1.29, 1.82) is 0 Å². The molecule has 0 aromatic carbocycles. The predicted molar refractivity (Wildman–Crippen MR) is 129 cm³/mol. The summed E-state index contributed by atoms with van der Waals surface area (Å²) in [4.78, 5) is 30.3. The average molecular weight is 441 g/mol. The van der Waals surface area contributed by atoms with Crippen LogP contribution in [0.4, 0.5) is 5.69 Å². The first kappa shape index (κ1) is 24.2. The minimum Gasteiger partial charge on any atom is -0.383 e. The van der Waals surface area contributed by atoms with Gasteiger partial charge in [0, 0.05) is 56.5 Å². The number of hydrogen-bond acceptors (Lipinski definition) is 5. The zero-order valence-electron chi connectivity index (χ0n) is 19.8. The number of fused-ring (bicyclic) bond motifs is 1. The smallest absolute Gasteiger partial charge is 0.251 e. The van der Waals surface area contributed by atoms with Crippen molar-refractivity contribution in [3.63, 3.8) is 0 Å². The summed E-state index contributed by atoms with van der Waals surface area (Å²) >= 11 is 0. The molecule has 0 spiro atoms. The minimum absolute atomic E-state index is 0.0443. The molecule has 1 N–H and O–H groups in total. The summed E-state index contributed by atoms with van der Waals surface area (Å²) in [6.45, 7) is 17.3. The number of nitrogens with zero attached hydrogens (tertiary/aromatic N) is 3. The molecule has 7 nitrogen and oxygen atoms in total. The van der Waals surface area contributed by atoms with Gasteiger partial charge in [-0.15, -0.1) is 0 Å². The van der Waals surface area contributed by atoms with Crippen LogP contribution >= 0.6 is 0 Å². The zero-order chi connectivity index (χ0) is 23.5. The molecule has 7 heteroatoms. The van der Waals surface area contributed by atoms with Crippen LogP contribution in [0, 0.1) is 0 Å². The van der Waals surface area contributed by atoms with Crippen molar-refractivity contribution in [1.82, 2.24) is 14.8 Å². The van der Waals surface area contributed by atoms with Gasteiger partial charge in [0.25, 0.3) is 5.56 Å². The summed E-state index contributed by atoms with van der Waals surface area (Å²) in [5, 5.41) is 3.46. The molecule has 1 saturated heterocycles. The standard InChI is InChI=1S/C25H36N4O3/c1-7-9-19(8-2)13-28-14-22-21(10-23(28)30)25(4,5)17-29(22)24(31)15-27-12-18(3)26-11-20(27)16-32-6/h7-10,14,18,20,26H,1-2,11-13,15-17H2,3-6H3/b19-9+/t18-,20-/m1/s1. The van der Waals surface area contributed by atoms with Crippen LogP contribution in [0.2, 0.25) is 0 Å². The van der Waals surface area contributed by atoms with Gasteiger partial charge in [-0.2, -0.15) is 0 Å². The first-order chi connectivity index (χ1) is 15.2. The lowest BCUT2D eigenvalue weighted by Gasteiger charge is -2.39. The van der Waals surface area contributed by atoms with Crippen LogP contribution in [-0.4, -0.2) is 67.4 Å². The van der Waals surface area contributed by atoms with Crippen LogP contribution in [0.3, 0.4) is 0 Å². The highest BCUT2D eigenvalue weighted by atomic mass is 16.5. The van der Waals surface area contributed by atoms with Gasteiger partial charge in [0.05, 0.1) is 25.4 Å². The quantitative estimate of drug-likeness (QED) is 0.627. The Hall–Kier alpha value is -2.48. The molecular formula is C25H36N4O3. The number of carbonyl (C=O) groups is 1. The molecular weight excluding hydrogens is 404 g/mol. The first-order valence-electron chi connectivity index (χ1n) is 11.2. The molecule has 2 atom stereocenters. The zero-order valence-corrected chi connectivity index (χ0v) is 19.8. The molecule has 0 bridgehead atoms. The Balaban J connectivity index is 1.89. The number of rotatable bonds is 8. The molecule has 0 saturated carbocycles. The van der Waals surface area contributed by atoms with Crippen molar-refractivity contribution in [2.45, 2.75) is 44.8 Å². The third-order valence-electron chi connectivity index (χ3n) is 6.35. The van der Waals surface area contributed by atoms with Crippen molar-refractivity contribution in [2.24, 2.45) is 0 Å². The Bertz CT molecular complexity index is 962. The third kappa shape index (κ3) is 5.11.